The van der Waals surface area contributed by atoms with E-state index in [-0.39, 0.29) is 17.9 Å². The number of amides is 1. The van der Waals surface area contributed by atoms with Crippen LogP contribution in [0.4, 0.5) is 0 Å². The normalized spacial score (nSPS) is 17.3. The fraction of sp³-hybridized carbons (Fsp3) is 0.923. The maximum atomic E-state index is 12.2. The summed E-state index contributed by atoms with van der Waals surface area (Å²) in [5.74, 6) is 0.176. The summed E-state index contributed by atoms with van der Waals surface area (Å²) in [4.78, 5) is 14.0. The van der Waals surface area contributed by atoms with Crippen molar-refractivity contribution in [2.75, 3.05) is 39.5 Å². The fourth-order valence-corrected chi connectivity index (χ4v) is 2.36. The van der Waals surface area contributed by atoms with Crippen molar-refractivity contribution < 1.29 is 14.6 Å². The first-order valence-electron chi connectivity index (χ1n) is 6.84. The van der Waals surface area contributed by atoms with Gasteiger partial charge in [-0.1, -0.05) is 6.42 Å². The Morgan fingerprint density at radius 3 is 2.61 bits per heavy atom. The van der Waals surface area contributed by atoms with Crippen LogP contribution in [0.5, 0.6) is 0 Å². The molecule has 106 valence electrons. The van der Waals surface area contributed by atoms with Crippen molar-refractivity contribution in [1.29, 1.82) is 0 Å². The number of aliphatic hydroxyl groups is 1. The van der Waals surface area contributed by atoms with E-state index in [9.17, 15) is 4.79 Å². The molecule has 18 heavy (non-hydrogen) atoms. The number of likely N-dealkylation sites (N-methyl/N-ethyl adjacent to an activating group) is 1. The second-order valence-corrected chi connectivity index (χ2v) is 5.04. The molecule has 1 amide bonds. The minimum Gasteiger partial charge on any atom is -0.394 e. The first-order valence-corrected chi connectivity index (χ1v) is 6.84. The van der Waals surface area contributed by atoms with Gasteiger partial charge in [-0.15, -0.1) is 0 Å². The molecule has 0 atom stereocenters. The molecule has 3 N–H and O–H groups in total. The zero-order chi connectivity index (χ0) is 13.4. The van der Waals surface area contributed by atoms with E-state index in [0.29, 0.717) is 39.3 Å². The number of nitrogens with zero attached hydrogens (tertiary/aromatic N) is 1. The van der Waals surface area contributed by atoms with Gasteiger partial charge in [0.15, 0.2) is 0 Å². The molecule has 1 fully saturated rings. The third-order valence-corrected chi connectivity index (χ3v) is 3.85. The Kier molecular flexibility index (Phi) is 6.60. The van der Waals surface area contributed by atoms with Crippen molar-refractivity contribution in [3.05, 3.63) is 0 Å². The van der Waals surface area contributed by atoms with Gasteiger partial charge >= 0.3 is 0 Å². The second kappa shape index (κ2) is 7.71. The topological polar surface area (TPSA) is 75.8 Å². The van der Waals surface area contributed by atoms with E-state index in [2.05, 4.69) is 0 Å². The van der Waals surface area contributed by atoms with Crippen molar-refractivity contribution in [2.24, 2.45) is 11.1 Å². The van der Waals surface area contributed by atoms with E-state index < -0.39 is 0 Å². The second-order valence-electron chi connectivity index (χ2n) is 5.04. The van der Waals surface area contributed by atoms with Crippen LogP contribution in [0.3, 0.4) is 0 Å². The first kappa shape index (κ1) is 15.4. The molecule has 1 saturated carbocycles. The molecule has 0 bridgehead atoms. The van der Waals surface area contributed by atoms with Crippen molar-refractivity contribution >= 4 is 5.91 Å². The van der Waals surface area contributed by atoms with Crippen LogP contribution in [0.1, 0.15) is 32.6 Å². The summed E-state index contributed by atoms with van der Waals surface area (Å²) in [6, 6.07) is 0. The highest BCUT2D eigenvalue weighted by Gasteiger charge is 2.38. The van der Waals surface area contributed by atoms with E-state index >= 15 is 0 Å². The maximum Gasteiger partial charge on any atom is 0.223 e. The number of nitrogens with two attached hydrogens (primary N) is 1. The third kappa shape index (κ3) is 4.23. The molecule has 1 rings (SSSR count). The smallest absolute Gasteiger partial charge is 0.223 e. The Morgan fingerprint density at radius 2 is 2.17 bits per heavy atom. The van der Waals surface area contributed by atoms with Crippen LogP contribution >= 0.6 is 0 Å². The standard InChI is InChI=1S/C13H26N2O3/c1-2-15(6-8-18-9-7-16)12(17)10-13(11-14)4-3-5-13/h16H,2-11,14H2,1H3. The number of carbonyl (C=O) groups excluding carboxylic acids is 1. The molecule has 1 aliphatic carbocycles. The average Bonchev–Trinajstić information content (AvgIpc) is 2.33. The lowest BCUT2D eigenvalue weighted by Crippen LogP contribution is -2.44. The van der Waals surface area contributed by atoms with Crippen molar-refractivity contribution in [1.82, 2.24) is 4.90 Å². The van der Waals surface area contributed by atoms with E-state index in [1.54, 1.807) is 0 Å². The Morgan fingerprint density at radius 1 is 1.44 bits per heavy atom. The van der Waals surface area contributed by atoms with Gasteiger partial charge in [0.2, 0.25) is 5.91 Å². The zero-order valence-corrected chi connectivity index (χ0v) is 11.4. The lowest BCUT2D eigenvalue weighted by atomic mass is 9.66. The minimum absolute atomic E-state index is 0.0242. The number of hydrogen-bond donors (Lipinski definition) is 2. The van der Waals surface area contributed by atoms with Crippen LogP contribution in [0.25, 0.3) is 0 Å². The van der Waals surface area contributed by atoms with Crippen LogP contribution in [0.15, 0.2) is 0 Å². The molecule has 0 unspecified atom stereocenters. The highest BCUT2D eigenvalue weighted by Crippen LogP contribution is 2.43. The summed E-state index contributed by atoms with van der Waals surface area (Å²) in [5.41, 5.74) is 5.84. The van der Waals surface area contributed by atoms with E-state index in [1.165, 1.54) is 6.42 Å². The molecule has 0 radical (unpaired) electrons. The lowest BCUT2D eigenvalue weighted by molar-refractivity contribution is -0.135. The summed E-state index contributed by atoms with van der Waals surface area (Å²) < 4.78 is 5.19. The molecule has 1 aliphatic rings. The molecule has 5 heteroatoms. The number of aliphatic hydroxyl groups excluding tert-OH is 1. The molecular weight excluding hydrogens is 232 g/mol. The van der Waals surface area contributed by atoms with Gasteiger partial charge in [-0.2, -0.15) is 0 Å². The van der Waals surface area contributed by atoms with Crippen LogP contribution < -0.4 is 5.73 Å². The average molecular weight is 258 g/mol. The van der Waals surface area contributed by atoms with Crippen LogP contribution in [-0.4, -0.2) is 55.4 Å². The monoisotopic (exact) mass is 258 g/mol. The molecule has 5 nitrogen and oxygen atoms in total. The first-order chi connectivity index (χ1) is 8.67. The highest BCUT2D eigenvalue weighted by molar-refractivity contribution is 5.77. The summed E-state index contributed by atoms with van der Waals surface area (Å²) >= 11 is 0. The molecule has 0 aromatic rings. The van der Waals surface area contributed by atoms with Gasteiger partial charge in [0.1, 0.15) is 0 Å². The third-order valence-electron chi connectivity index (χ3n) is 3.85. The zero-order valence-electron chi connectivity index (χ0n) is 11.4. The van der Waals surface area contributed by atoms with Gasteiger partial charge in [0, 0.05) is 19.5 Å². The summed E-state index contributed by atoms with van der Waals surface area (Å²) in [7, 11) is 0. The van der Waals surface area contributed by atoms with Gasteiger partial charge in [0.05, 0.1) is 19.8 Å². The van der Waals surface area contributed by atoms with Gasteiger partial charge in [-0.05, 0) is 31.7 Å². The van der Waals surface area contributed by atoms with E-state index in [1.807, 2.05) is 11.8 Å². The predicted octanol–water partition coefficient (Wildman–Crippen LogP) is 0.363. The largest absolute Gasteiger partial charge is 0.394 e. The molecule has 0 spiro atoms. The van der Waals surface area contributed by atoms with Gasteiger partial charge < -0.3 is 20.5 Å². The number of carbonyl (C=O) groups is 1. The van der Waals surface area contributed by atoms with Gasteiger partial charge in [-0.3, -0.25) is 4.79 Å². The molecular formula is C13H26N2O3. The molecule has 0 heterocycles. The van der Waals surface area contributed by atoms with Gasteiger partial charge in [-0.25, -0.2) is 0 Å². The van der Waals surface area contributed by atoms with Crippen molar-refractivity contribution in [3.8, 4) is 0 Å². The quantitative estimate of drug-likeness (QED) is 0.586. The van der Waals surface area contributed by atoms with E-state index in [0.717, 1.165) is 12.8 Å². The Balaban J connectivity index is 2.32. The Labute approximate surface area is 109 Å². The number of hydrogen-bond acceptors (Lipinski definition) is 4. The fourth-order valence-electron chi connectivity index (χ4n) is 2.36. The Bertz CT molecular complexity index is 249. The van der Waals surface area contributed by atoms with Crippen molar-refractivity contribution in [3.63, 3.8) is 0 Å². The van der Waals surface area contributed by atoms with Crippen molar-refractivity contribution in [2.45, 2.75) is 32.6 Å². The maximum absolute atomic E-state index is 12.2. The highest BCUT2D eigenvalue weighted by atomic mass is 16.5. The predicted molar refractivity (Wildman–Crippen MR) is 70.1 cm³/mol. The molecule has 0 aromatic carbocycles. The lowest BCUT2D eigenvalue weighted by Gasteiger charge is -2.41. The SMILES string of the molecule is CCN(CCOCCO)C(=O)CC1(CN)CCC1. The number of ether oxygens (including phenoxy) is 1. The van der Waals surface area contributed by atoms with Gasteiger partial charge in [0.25, 0.3) is 0 Å². The Hall–Kier alpha value is -0.650. The van der Waals surface area contributed by atoms with Crippen LogP contribution in [0, 0.1) is 5.41 Å². The molecule has 0 saturated heterocycles. The van der Waals surface area contributed by atoms with E-state index in [4.69, 9.17) is 15.6 Å². The summed E-state index contributed by atoms with van der Waals surface area (Å²) in [6.07, 6.45) is 3.91. The molecule has 0 aromatic heterocycles. The summed E-state index contributed by atoms with van der Waals surface area (Å²) in [6.45, 7) is 4.71. The van der Waals surface area contributed by atoms with Crippen LogP contribution in [-0.2, 0) is 9.53 Å². The minimum atomic E-state index is 0.0242. The summed E-state index contributed by atoms with van der Waals surface area (Å²) in [5, 5.41) is 8.60. The molecule has 0 aliphatic heterocycles. The number of rotatable bonds is 9. The van der Waals surface area contributed by atoms with Crippen LogP contribution in [0.2, 0.25) is 0 Å².